The molecule has 1 fully saturated rings. The summed E-state index contributed by atoms with van der Waals surface area (Å²) in [5.41, 5.74) is 2.68. The quantitative estimate of drug-likeness (QED) is 0.623. The van der Waals surface area contributed by atoms with Gasteiger partial charge in [-0.15, -0.1) is 0 Å². The van der Waals surface area contributed by atoms with Crippen molar-refractivity contribution < 1.29 is 29.0 Å². The van der Waals surface area contributed by atoms with E-state index in [0.717, 1.165) is 30.4 Å². The van der Waals surface area contributed by atoms with Gasteiger partial charge in [-0.05, 0) is 43.7 Å². The first-order valence-electron chi connectivity index (χ1n) is 11.0. The molecular formula is C25H31NO6. The van der Waals surface area contributed by atoms with Crippen LogP contribution in [0.4, 0.5) is 0 Å². The maximum Gasteiger partial charge on any atom is 0.228 e. The second-order valence-corrected chi connectivity index (χ2v) is 8.24. The van der Waals surface area contributed by atoms with Crippen molar-refractivity contribution in [2.75, 3.05) is 27.4 Å². The Hall–Kier alpha value is -2.93. The first kappa shape index (κ1) is 23.7. The van der Waals surface area contributed by atoms with Crippen molar-refractivity contribution in [1.29, 1.82) is 0 Å². The molecule has 1 aromatic carbocycles. The molecule has 0 bridgehead atoms. The lowest BCUT2D eigenvalue weighted by Crippen LogP contribution is -2.45. The summed E-state index contributed by atoms with van der Waals surface area (Å²) in [6.07, 6.45) is 4.22. The lowest BCUT2D eigenvalue weighted by molar-refractivity contribution is -0.135. The van der Waals surface area contributed by atoms with E-state index in [0.29, 0.717) is 37.0 Å². The third-order valence-corrected chi connectivity index (χ3v) is 6.28. The maximum absolute atomic E-state index is 12.8. The highest BCUT2D eigenvalue weighted by Gasteiger charge is 2.34. The molecule has 1 aromatic rings. The summed E-state index contributed by atoms with van der Waals surface area (Å²) >= 11 is 0. The molecule has 1 saturated heterocycles. The second-order valence-electron chi connectivity index (χ2n) is 8.24. The smallest absolute Gasteiger partial charge is 0.228 e. The first-order chi connectivity index (χ1) is 15.4. The second kappa shape index (κ2) is 10.6. The number of benzene rings is 1. The molecule has 1 amide bonds. The van der Waals surface area contributed by atoms with Gasteiger partial charge in [-0.1, -0.05) is 24.3 Å². The van der Waals surface area contributed by atoms with Gasteiger partial charge in [0.15, 0.2) is 0 Å². The molecule has 172 valence electrons. The van der Waals surface area contributed by atoms with Gasteiger partial charge in [0.05, 0.1) is 26.9 Å². The zero-order chi connectivity index (χ0) is 23.3. The van der Waals surface area contributed by atoms with Gasteiger partial charge in [0.1, 0.15) is 0 Å². The molecule has 1 atom stereocenters. The Bertz CT molecular complexity index is 944. The Balaban J connectivity index is 1.64. The molecule has 1 heterocycles. The van der Waals surface area contributed by atoms with Crippen LogP contribution in [0.3, 0.4) is 0 Å². The van der Waals surface area contributed by atoms with Crippen LogP contribution in [0.5, 0.6) is 0 Å². The third-order valence-electron chi connectivity index (χ3n) is 6.28. The van der Waals surface area contributed by atoms with Crippen LogP contribution >= 0.6 is 0 Å². The average Bonchev–Trinajstić information content (AvgIpc) is 2.83. The van der Waals surface area contributed by atoms with E-state index in [4.69, 9.17) is 9.47 Å². The van der Waals surface area contributed by atoms with Gasteiger partial charge < -0.3 is 19.5 Å². The van der Waals surface area contributed by atoms with Crippen LogP contribution < -0.4 is 0 Å². The van der Waals surface area contributed by atoms with Gasteiger partial charge in [0, 0.05) is 30.5 Å². The normalized spacial score (nSPS) is 19.5. The molecule has 0 aromatic heterocycles. The number of nitrogens with zero attached hydrogens (tertiary/aromatic N) is 1. The van der Waals surface area contributed by atoms with Crippen LogP contribution in [0.2, 0.25) is 0 Å². The van der Waals surface area contributed by atoms with E-state index in [9.17, 15) is 19.5 Å². The maximum atomic E-state index is 12.8. The number of aryl methyl sites for hydroxylation is 1. The number of carbonyl (C=O) groups is 3. The SMILES string of the molecule is COC1=C(OC)C(=O)C(Cc2ccc(CCC(=O)N3CCCCC3CO)cc2)=C(C)C1=O. The van der Waals surface area contributed by atoms with E-state index >= 15 is 0 Å². The summed E-state index contributed by atoms with van der Waals surface area (Å²) in [4.78, 5) is 39.7. The molecular weight excluding hydrogens is 410 g/mol. The molecule has 0 spiro atoms. The van der Waals surface area contributed by atoms with Gasteiger partial charge >= 0.3 is 0 Å². The molecule has 32 heavy (non-hydrogen) atoms. The minimum atomic E-state index is -0.340. The number of aliphatic hydroxyl groups is 1. The Morgan fingerprint density at radius 2 is 1.66 bits per heavy atom. The van der Waals surface area contributed by atoms with Crippen molar-refractivity contribution in [3.8, 4) is 0 Å². The highest BCUT2D eigenvalue weighted by molar-refractivity contribution is 6.23. The molecule has 7 heteroatoms. The number of likely N-dealkylation sites (tertiary alicyclic amines) is 1. The van der Waals surface area contributed by atoms with Crippen molar-refractivity contribution in [1.82, 2.24) is 4.90 Å². The predicted molar refractivity (Wildman–Crippen MR) is 119 cm³/mol. The molecule has 1 N–H and O–H groups in total. The predicted octanol–water partition coefficient (Wildman–Crippen LogP) is 2.51. The van der Waals surface area contributed by atoms with E-state index in [1.54, 1.807) is 6.92 Å². The van der Waals surface area contributed by atoms with Crippen LogP contribution in [0, 0.1) is 0 Å². The van der Waals surface area contributed by atoms with Crippen LogP contribution in [0.15, 0.2) is 46.9 Å². The summed E-state index contributed by atoms with van der Waals surface area (Å²) in [5, 5.41) is 9.52. The van der Waals surface area contributed by atoms with Gasteiger partial charge in [-0.3, -0.25) is 14.4 Å². The lowest BCUT2D eigenvalue weighted by Gasteiger charge is -2.34. The number of hydrogen-bond acceptors (Lipinski definition) is 6. The zero-order valence-electron chi connectivity index (χ0n) is 19.0. The van der Waals surface area contributed by atoms with Crippen LogP contribution in [-0.4, -0.2) is 60.9 Å². The number of hydrogen-bond donors (Lipinski definition) is 1. The first-order valence-corrected chi connectivity index (χ1v) is 11.0. The summed E-state index contributed by atoms with van der Waals surface area (Å²) in [7, 11) is 2.69. The van der Waals surface area contributed by atoms with Gasteiger partial charge in [-0.2, -0.15) is 0 Å². The highest BCUT2D eigenvalue weighted by atomic mass is 16.5. The van der Waals surface area contributed by atoms with Gasteiger partial charge in [0.2, 0.25) is 29.0 Å². The fourth-order valence-corrected chi connectivity index (χ4v) is 4.35. The number of piperidine rings is 1. The van der Waals surface area contributed by atoms with Crippen molar-refractivity contribution in [3.63, 3.8) is 0 Å². The summed E-state index contributed by atoms with van der Waals surface area (Å²) in [5.74, 6) is -0.722. The number of amides is 1. The molecule has 1 aliphatic carbocycles. The number of carbonyl (C=O) groups excluding carboxylic acids is 3. The molecule has 1 aliphatic heterocycles. The van der Waals surface area contributed by atoms with Crippen LogP contribution in [0.1, 0.15) is 43.7 Å². The summed E-state index contributed by atoms with van der Waals surface area (Å²) in [6.45, 7) is 2.36. The largest absolute Gasteiger partial charge is 0.489 e. The van der Waals surface area contributed by atoms with Gasteiger partial charge in [0.25, 0.3) is 0 Å². The number of allylic oxidation sites excluding steroid dienone is 2. The summed E-state index contributed by atoms with van der Waals surface area (Å²) < 4.78 is 10.2. The Morgan fingerprint density at radius 3 is 2.28 bits per heavy atom. The number of aliphatic hydroxyl groups excluding tert-OH is 1. The number of ketones is 2. The van der Waals surface area contributed by atoms with Crippen molar-refractivity contribution in [2.45, 2.75) is 51.5 Å². The average molecular weight is 442 g/mol. The summed E-state index contributed by atoms with van der Waals surface area (Å²) in [6, 6.07) is 7.66. The topological polar surface area (TPSA) is 93.1 Å². The van der Waals surface area contributed by atoms with Gasteiger partial charge in [-0.25, -0.2) is 0 Å². The fraction of sp³-hybridized carbons (Fsp3) is 0.480. The van der Waals surface area contributed by atoms with E-state index in [-0.39, 0.29) is 41.6 Å². The van der Waals surface area contributed by atoms with E-state index in [1.165, 1.54) is 14.2 Å². The van der Waals surface area contributed by atoms with E-state index in [2.05, 4.69) is 0 Å². The number of methoxy groups -OCH3 is 2. The van der Waals surface area contributed by atoms with Crippen molar-refractivity contribution in [3.05, 3.63) is 58.1 Å². The monoisotopic (exact) mass is 441 g/mol. The molecule has 0 saturated carbocycles. The Labute approximate surface area is 188 Å². The molecule has 0 radical (unpaired) electrons. The molecule has 2 aliphatic rings. The number of Topliss-reactive ketones (excluding diaryl/α,β-unsaturated/α-hetero) is 2. The molecule has 7 nitrogen and oxygen atoms in total. The highest BCUT2D eigenvalue weighted by Crippen LogP contribution is 2.28. The standard InChI is InChI=1S/C25H31NO6/c1-16-20(23(30)25(32-3)24(31-2)22(16)29)14-18-9-7-17(8-10-18)11-12-21(28)26-13-5-4-6-19(26)15-27/h7-10,19,27H,4-6,11-15H2,1-3H3. The molecule has 3 rings (SSSR count). The third kappa shape index (κ3) is 4.93. The van der Waals surface area contributed by atoms with Crippen LogP contribution in [0.25, 0.3) is 0 Å². The van der Waals surface area contributed by atoms with Crippen molar-refractivity contribution >= 4 is 17.5 Å². The van der Waals surface area contributed by atoms with E-state index in [1.807, 2.05) is 29.2 Å². The van der Waals surface area contributed by atoms with Crippen LogP contribution in [-0.2, 0) is 36.7 Å². The minimum absolute atomic E-state index is 0.0166. The number of rotatable bonds is 8. The Morgan fingerprint density at radius 1 is 1.03 bits per heavy atom. The zero-order valence-corrected chi connectivity index (χ0v) is 19.0. The lowest BCUT2D eigenvalue weighted by atomic mass is 9.88. The van der Waals surface area contributed by atoms with Crippen molar-refractivity contribution in [2.24, 2.45) is 0 Å². The number of ether oxygens (including phenoxy) is 2. The fourth-order valence-electron chi connectivity index (χ4n) is 4.35. The van der Waals surface area contributed by atoms with E-state index < -0.39 is 0 Å². The Kier molecular flexibility index (Phi) is 7.85. The minimum Gasteiger partial charge on any atom is -0.489 e. The molecule has 1 unspecified atom stereocenters.